The van der Waals surface area contributed by atoms with Crippen LogP contribution >= 0.6 is 0 Å². The van der Waals surface area contributed by atoms with Gasteiger partial charge in [-0.05, 0) is 38.1 Å². The molecule has 0 atom stereocenters. The van der Waals surface area contributed by atoms with Gasteiger partial charge in [-0.1, -0.05) is 6.07 Å². The normalized spacial score (nSPS) is 10.2. The Morgan fingerprint density at radius 2 is 2.05 bits per heavy atom. The largest absolute Gasteiger partial charge is 0.322 e. The molecule has 1 heterocycles. The van der Waals surface area contributed by atoms with Crippen molar-refractivity contribution in [2.45, 2.75) is 13.8 Å². The van der Waals surface area contributed by atoms with Crippen LogP contribution in [0, 0.1) is 19.7 Å². The Bertz CT molecular complexity index is 658. The van der Waals surface area contributed by atoms with Crippen molar-refractivity contribution in [3.05, 3.63) is 53.0 Å². The molecule has 6 heteroatoms. The van der Waals surface area contributed by atoms with E-state index in [1.54, 1.807) is 32.0 Å². The molecule has 0 aliphatic rings. The molecule has 5 nitrogen and oxygen atoms in total. The number of carbonyl (C=O) groups is 1. The third-order valence-corrected chi connectivity index (χ3v) is 2.88. The van der Waals surface area contributed by atoms with Crippen molar-refractivity contribution in [2.75, 3.05) is 10.7 Å². The molecule has 1 aromatic heterocycles. The summed E-state index contributed by atoms with van der Waals surface area (Å²) < 4.78 is 13.4. The van der Waals surface area contributed by atoms with Gasteiger partial charge >= 0.3 is 0 Å². The fraction of sp³-hybridized carbons (Fsp3) is 0.143. The molecular weight excluding hydrogens is 259 g/mol. The number of aromatic nitrogens is 1. The SMILES string of the molecule is Cc1cc(C(=O)Nc2cccc(F)c2C)cc(NN)n1. The number of nitrogens with zero attached hydrogens (tertiary/aromatic N) is 1. The van der Waals surface area contributed by atoms with Crippen molar-refractivity contribution in [1.29, 1.82) is 0 Å². The molecule has 1 amide bonds. The summed E-state index contributed by atoms with van der Waals surface area (Å²) in [6, 6.07) is 7.69. The number of aryl methyl sites for hydroxylation is 1. The van der Waals surface area contributed by atoms with E-state index >= 15 is 0 Å². The molecule has 0 aliphatic carbocycles. The number of hydrazine groups is 1. The second kappa shape index (κ2) is 5.66. The molecule has 2 rings (SSSR count). The summed E-state index contributed by atoms with van der Waals surface area (Å²) in [5.41, 5.74) is 4.28. The fourth-order valence-corrected chi connectivity index (χ4v) is 1.81. The van der Waals surface area contributed by atoms with Crippen LogP contribution in [0.15, 0.2) is 30.3 Å². The van der Waals surface area contributed by atoms with Gasteiger partial charge in [-0.25, -0.2) is 15.2 Å². The van der Waals surface area contributed by atoms with Crippen LogP contribution in [-0.2, 0) is 0 Å². The highest BCUT2D eigenvalue weighted by Crippen LogP contribution is 2.19. The predicted molar refractivity (Wildman–Crippen MR) is 75.9 cm³/mol. The van der Waals surface area contributed by atoms with Gasteiger partial charge in [-0.2, -0.15) is 0 Å². The number of nitrogens with one attached hydrogen (secondary N) is 2. The van der Waals surface area contributed by atoms with E-state index in [-0.39, 0.29) is 11.7 Å². The zero-order valence-corrected chi connectivity index (χ0v) is 11.2. The molecule has 0 bridgehead atoms. The van der Waals surface area contributed by atoms with E-state index in [9.17, 15) is 9.18 Å². The van der Waals surface area contributed by atoms with Crippen LogP contribution in [0.5, 0.6) is 0 Å². The number of carbonyl (C=O) groups excluding carboxylic acids is 1. The van der Waals surface area contributed by atoms with Gasteiger partial charge < -0.3 is 10.7 Å². The number of rotatable bonds is 3. The first-order chi connectivity index (χ1) is 9.51. The first-order valence-corrected chi connectivity index (χ1v) is 6.03. The first kappa shape index (κ1) is 14.0. The van der Waals surface area contributed by atoms with E-state index in [1.807, 2.05) is 0 Å². The minimum absolute atomic E-state index is 0.347. The number of pyridine rings is 1. The average Bonchev–Trinajstić information content (AvgIpc) is 2.43. The summed E-state index contributed by atoms with van der Waals surface area (Å²) in [4.78, 5) is 16.3. The van der Waals surface area contributed by atoms with Gasteiger partial charge in [0.15, 0.2) is 0 Å². The Morgan fingerprint density at radius 1 is 1.30 bits per heavy atom. The van der Waals surface area contributed by atoms with Gasteiger partial charge in [0.05, 0.1) is 0 Å². The fourth-order valence-electron chi connectivity index (χ4n) is 1.81. The molecular formula is C14H15FN4O. The third-order valence-electron chi connectivity index (χ3n) is 2.88. The van der Waals surface area contributed by atoms with Crippen LogP contribution in [0.2, 0.25) is 0 Å². The minimum Gasteiger partial charge on any atom is -0.322 e. The molecule has 0 fully saturated rings. The Labute approximate surface area is 116 Å². The van der Waals surface area contributed by atoms with Gasteiger partial charge in [0.1, 0.15) is 11.6 Å². The van der Waals surface area contributed by atoms with E-state index in [0.717, 1.165) is 0 Å². The molecule has 1 aromatic carbocycles. The Kier molecular flexibility index (Phi) is 3.95. The Morgan fingerprint density at radius 3 is 2.75 bits per heavy atom. The lowest BCUT2D eigenvalue weighted by atomic mass is 10.1. The molecule has 0 unspecified atom stereocenters. The van der Waals surface area contributed by atoms with E-state index < -0.39 is 0 Å². The van der Waals surface area contributed by atoms with Crippen molar-refractivity contribution >= 4 is 17.4 Å². The molecule has 4 N–H and O–H groups in total. The summed E-state index contributed by atoms with van der Waals surface area (Å²) >= 11 is 0. The molecule has 0 saturated carbocycles. The molecule has 2 aromatic rings. The Balaban J connectivity index is 2.28. The molecule has 0 aliphatic heterocycles. The van der Waals surface area contributed by atoms with Crippen molar-refractivity contribution in [3.8, 4) is 0 Å². The van der Waals surface area contributed by atoms with Gasteiger partial charge in [0.25, 0.3) is 5.91 Å². The highest BCUT2D eigenvalue weighted by Gasteiger charge is 2.11. The first-order valence-electron chi connectivity index (χ1n) is 6.03. The smallest absolute Gasteiger partial charge is 0.255 e. The van der Waals surface area contributed by atoms with Gasteiger partial charge in [0, 0.05) is 22.5 Å². The second-order valence-corrected chi connectivity index (χ2v) is 4.39. The lowest BCUT2D eigenvalue weighted by Gasteiger charge is -2.10. The van der Waals surface area contributed by atoms with E-state index in [4.69, 9.17) is 5.84 Å². The van der Waals surface area contributed by atoms with Crippen molar-refractivity contribution in [1.82, 2.24) is 4.98 Å². The summed E-state index contributed by atoms with van der Waals surface area (Å²) in [5, 5.41) is 2.67. The van der Waals surface area contributed by atoms with Gasteiger partial charge in [-0.3, -0.25) is 4.79 Å². The topological polar surface area (TPSA) is 80.0 Å². The van der Waals surface area contributed by atoms with E-state index in [0.29, 0.717) is 28.3 Å². The van der Waals surface area contributed by atoms with Gasteiger partial charge in [-0.15, -0.1) is 0 Å². The zero-order chi connectivity index (χ0) is 14.7. The predicted octanol–water partition coefficient (Wildman–Crippen LogP) is 2.38. The van der Waals surface area contributed by atoms with Crippen LogP contribution in [0.1, 0.15) is 21.6 Å². The number of anilines is 2. The second-order valence-electron chi connectivity index (χ2n) is 4.39. The third kappa shape index (κ3) is 2.92. The number of nitrogen functional groups attached to an aromatic ring is 1. The lowest BCUT2D eigenvalue weighted by Crippen LogP contribution is -2.15. The average molecular weight is 274 g/mol. The highest BCUT2D eigenvalue weighted by atomic mass is 19.1. The van der Waals surface area contributed by atoms with Crippen LogP contribution in [0.3, 0.4) is 0 Å². The summed E-state index contributed by atoms with van der Waals surface area (Å²) in [6.45, 7) is 3.36. The Hall–Kier alpha value is -2.47. The number of nitrogens with two attached hydrogens (primary N) is 1. The summed E-state index contributed by atoms with van der Waals surface area (Å²) in [7, 11) is 0. The highest BCUT2D eigenvalue weighted by molar-refractivity contribution is 6.05. The maximum absolute atomic E-state index is 13.4. The maximum Gasteiger partial charge on any atom is 0.255 e. The standard InChI is InChI=1S/C14H15FN4O/c1-8-6-10(7-13(17-8)19-16)14(20)18-12-5-3-4-11(15)9(12)2/h3-7H,16H2,1-2H3,(H,17,19)(H,18,20). The maximum atomic E-state index is 13.4. The summed E-state index contributed by atoms with van der Waals surface area (Å²) in [6.07, 6.45) is 0. The number of benzene rings is 1. The van der Waals surface area contributed by atoms with E-state index in [2.05, 4.69) is 15.7 Å². The summed E-state index contributed by atoms with van der Waals surface area (Å²) in [5.74, 6) is 4.98. The lowest BCUT2D eigenvalue weighted by molar-refractivity contribution is 0.102. The van der Waals surface area contributed by atoms with Crippen LogP contribution in [-0.4, -0.2) is 10.9 Å². The zero-order valence-electron chi connectivity index (χ0n) is 11.2. The number of hydrogen-bond acceptors (Lipinski definition) is 4. The molecule has 0 radical (unpaired) electrons. The molecule has 104 valence electrons. The van der Waals surface area contributed by atoms with Crippen molar-refractivity contribution < 1.29 is 9.18 Å². The quantitative estimate of drug-likeness (QED) is 0.593. The van der Waals surface area contributed by atoms with Gasteiger partial charge in [0.2, 0.25) is 0 Å². The van der Waals surface area contributed by atoms with Crippen molar-refractivity contribution in [3.63, 3.8) is 0 Å². The number of halogens is 1. The van der Waals surface area contributed by atoms with Crippen LogP contribution < -0.4 is 16.6 Å². The monoisotopic (exact) mass is 274 g/mol. The van der Waals surface area contributed by atoms with Crippen LogP contribution in [0.25, 0.3) is 0 Å². The molecule has 0 spiro atoms. The minimum atomic E-state index is -0.363. The number of hydrogen-bond donors (Lipinski definition) is 3. The number of amides is 1. The van der Waals surface area contributed by atoms with Crippen LogP contribution in [0.4, 0.5) is 15.9 Å². The molecule has 20 heavy (non-hydrogen) atoms. The molecule has 0 saturated heterocycles. The van der Waals surface area contributed by atoms with Crippen molar-refractivity contribution in [2.24, 2.45) is 5.84 Å². The van der Waals surface area contributed by atoms with E-state index in [1.165, 1.54) is 12.1 Å².